The smallest absolute Gasteiger partial charge is 0.273 e. The molecule has 24 nitrogen and oxygen atoms in total. The van der Waals surface area contributed by atoms with Crippen molar-refractivity contribution in [3.05, 3.63) is 65.1 Å². The summed E-state index contributed by atoms with van der Waals surface area (Å²) in [4.78, 5) is 56.7. The van der Waals surface area contributed by atoms with Crippen LogP contribution >= 0.6 is 11.6 Å². The molecule has 7 N–H and O–H groups in total. The fraction of sp³-hybridized carbons (Fsp3) is 0.316. The van der Waals surface area contributed by atoms with E-state index in [1.165, 1.54) is 74.6 Å². The molecule has 27 heteroatoms. The lowest BCUT2D eigenvalue weighted by molar-refractivity contribution is -0.119. The predicted octanol–water partition coefficient (Wildman–Crippen LogP) is 2.72. The number of hydrogen-bond donors (Lipinski definition) is 6. The Bertz CT molecular complexity index is 2750. The van der Waals surface area contributed by atoms with Crippen LogP contribution in [0.2, 0.25) is 5.15 Å². The number of ether oxygens (including phenoxy) is 2. The van der Waals surface area contributed by atoms with Crippen LogP contribution < -0.4 is 41.8 Å². The second-order valence-electron chi connectivity index (χ2n) is 14.0. The molecule has 0 saturated heterocycles. The lowest BCUT2D eigenvalue weighted by Crippen LogP contribution is -2.22. The van der Waals surface area contributed by atoms with Crippen molar-refractivity contribution in [2.45, 2.75) is 25.7 Å². The Morgan fingerprint density at radius 1 is 0.708 bits per heavy atom. The molecule has 0 unspecified atom stereocenters. The van der Waals surface area contributed by atoms with E-state index < -0.39 is 23.7 Å². The number of nitrogens with zero attached hydrogens (tertiary/aromatic N) is 12. The predicted molar refractivity (Wildman–Crippen MR) is 227 cm³/mol. The van der Waals surface area contributed by atoms with Crippen molar-refractivity contribution in [3.63, 3.8) is 0 Å². The third-order valence-electron chi connectivity index (χ3n) is 9.17. The summed E-state index contributed by atoms with van der Waals surface area (Å²) in [5.41, 5.74) is 6.44. The highest BCUT2D eigenvalue weighted by Gasteiger charge is 2.31. The molecule has 2 aliphatic rings. The summed E-state index contributed by atoms with van der Waals surface area (Å²) in [6.45, 7) is 0. The Balaban J connectivity index is 0.000000193. The van der Waals surface area contributed by atoms with Crippen molar-refractivity contribution in [1.29, 1.82) is 0 Å². The highest BCUT2D eigenvalue weighted by molar-refractivity contribution is 6.29. The Labute approximate surface area is 372 Å². The number of halogens is 3. The number of primary amides is 1. The first-order valence-corrected chi connectivity index (χ1v) is 19.7. The summed E-state index contributed by atoms with van der Waals surface area (Å²) < 4.78 is 39.4. The van der Waals surface area contributed by atoms with Crippen LogP contribution in [0.3, 0.4) is 0 Å². The van der Waals surface area contributed by atoms with E-state index in [1.54, 1.807) is 14.1 Å². The largest absolute Gasteiger partial charge is 0.492 e. The summed E-state index contributed by atoms with van der Waals surface area (Å²) in [7, 11) is 8.93. The second-order valence-corrected chi connectivity index (χ2v) is 14.3. The Morgan fingerprint density at radius 2 is 1.17 bits per heavy atom. The zero-order valence-electron chi connectivity index (χ0n) is 35.5. The number of amides is 4. The van der Waals surface area contributed by atoms with Gasteiger partial charge in [-0.25, -0.2) is 0 Å². The molecule has 6 aromatic heterocycles. The average molecular weight is 919 g/mol. The number of aryl methyl sites for hydroxylation is 2. The van der Waals surface area contributed by atoms with Gasteiger partial charge in [-0.3, -0.25) is 19.2 Å². The van der Waals surface area contributed by atoms with Gasteiger partial charge in [0.25, 0.3) is 11.8 Å². The van der Waals surface area contributed by atoms with Crippen LogP contribution in [-0.4, -0.2) is 112 Å². The number of hydrogen-bond acceptors (Lipinski definition) is 18. The van der Waals surface area contributed by atoms with Crippen LogP contribution in [0.5, 0.6) is 11.5 Å². The summed E-state index contributed by atoms with van der Waals surface area (Å²) in [6, 6.07) is 5.13. The van der Waals surface area contributed by atoms with Gasteiger partial charge in [-0.15, -0.1) is 20.4 Å². The minimum atomic E-state index is -0.806. The maximum absolute atomic E-state index is 14.4. The van der Waals surface area contributed by atoms with E-state index in [9.17, 15) is 28.0 Å². The molecule has 0 aromatic carbocycles. The SMILES string of the molecule is CNC(=O)c1nnc(Cl)cc1Nc1nc(F)cc(-c2cnn(C)n2)c1OC.CNC(=O)c1nnc(NC(=O)C2CC2)cc1Nc1nc(F)cc(-c2cnn(C)n2)c1OC.NC(=O)C1CC1. The number of rotatable bonds is 13. The number of aromatic nitrogens is 12. The first-order valence-electron chi connectivity index (χ1n) is 19.3. The van der Waals surface area contributed by atoms with Crippen molar-refractivity contribution in [2.75, 3.05) is 44.3 Å². The van der Waals surface area contributed by atoms with Crippen LogP contribution in [0.25, 0.3) is 22.5 Å². The van der Waals surface area contributed by atoms with Gasteiger partial charge < -0.3 is 41.8 Å². The molecule has 0 bridgehead atoms. The highest BCUT2D eigenvalue weighted by atomic mass is 35.5. The van der Waals surface area contributed by atoms with Crippen molar-refractivity contribution >= 4 is 64.1 Å². The van der Waals surface area contributed by atoms with Gasteiger partial charge in [-0.05, 0) is 25.7 Å². The Kier molecular flexibility index (Phi) is 14.6. The molecule has 340 valence electrons. The van der Waals surface area contributed by atoms with Crippen LogP contribution in [0.1, 0.15) is 46.7 Å². The summed E-state index contributed by atoms with van der Waals surface area (Å²) in [5, 5.41) is 44.8. The Morgan fingerprint density at radius 3 is 1.55 bits per heavy atom. The van der Waals surface area contributed by atoms with E-state index in [-0.39, 0.29) is 80.5 Å². The van der Waals surface area contributed by atoms with Gasteiger partial charge in [-0.1, -0.05) is 11.6 Å². The standard InChI is InChI=1S/C19H20FN9O3.C15H14ClFN8O2.C4H7NO/c1-21-19(31)15-11(7-14(26-27-15)25-18(30)9-4-5-9)23-17-16(32-3)10(6-13(20)24-17)12-8-22-29(2)28-12;1-18-15(26)12-8(5-10(16)22-23-12)20-14-13(27-3)7(4-11(17)21-14)9-6-19-25(2)24-9;5-4(6)3-1-2-3/h6-9H,4-5H2,1-3H3,(H,21,31)(H2,23,24,25,26,30);4-6H,1-3H3,(H,18,26)(H,20,21,22);3H,1-2H2,(H2,5,6). The van der Waals surface area contributed by atoms with Crippen LogP contribution in [0, 0.1) is 23.7 Å². The zero-order valence-corrected chi connectivity index (χ0v) is 36.2. The molecular weight excluding hydrogens is 878 g/mol. The lowest BCUT2D eigenvalue weighted by atomic mass is 10.1. The van der Waals surface area contributed by atoms with Crippen molar-refractivity contribution in [2.24, 2.45) is 31.7 Å². The number of nitrogens with two attached hydrogens (primary N) is 1. The third-order valence-corrected chi connectivity index (χ3v) is 9.36. The molecule has 6 heterocycles. The van der Waals surface area contributed by atoms with Gasteiger partial charge >= 0.3 is 0 Å². The van der Waals surface area contributed by atoms with Crippen molar-refractivity contribution in [3.8, 4) is 34.0 Å². The van der Waals surface area contributed by atoms with Crippen LogP contribution in [0.4, 0.5) is 37.6 Å². The molecular formula is C38H41ClF2N18O6. The molecule has 2 saturated carbocycles. The average Bonchev–Trinajstić information content (AvgIpc) is 4.22. The van der Waals surface area contributed by atoms with Crippen molar-refractivity contribution in [1.82, 2.24) is 71.0 Å². The van der Waals surface area contributed by atoms with Gasteiger partial charge in [0.05, 0.1) is 49.1 Å². The molecule has 6 aromatic rings. The monoisotopic (exact) mass is 918 g/mol. The van der Waals surface area contributed by atoms with Crippen LogP contribution in [-0.2, 0) is 23.7 Å². The minimum absolute atomic E-state index is 0.00683. The number of pyridine rings is 2. The van der Waals surface area contributed by atoms with E-state index in [4.69, 9.17) is 26.8 Å². The fourth-order valence-corrected chi connectivity index (χ4v) is 5.83. The quantitative estimate of drug-likeness (QED) is 0.0907. The summed E-state index contributed by atoms with van der Waals surface area (Å²) in [6.07, 6.45) is 6.59. The number of anilines is 5. The molecule has 0 spiro atoms. The van der Waals surface area contributed by atoms with Gasteiger partial charge in [0.1, 0.15) is 11.4 Å². The highest BCUT2D eigenvalue weighted by Crippen LogP contribution is 2.38. The van der Waals surface area contributed by atoms with Gasteiger partial charge in [0.2, 0.25) is 23.7 Å². The van der Waals surface area contributed by atoms with E-state index in [1.807, 2.05) is 0 Å². The number of methoxy groups -OCH3 is 2. The summed E-state index contributed by atoms with van der Waals surface area (Å²) in [5.74, 6) is -2.25. The van der Waals surface area contributed by atoms with E-state index in [2.05, 4.69) is 77.3 Å². The molecule has 2 fully saturated rings. The number of carbonyl (C=O) groups is 4. The Hall–Kier alpha value is -8.03. The molecule has 8 rings (SSSR count). The lowest BCUT2D eigenvalue weighted by Gasteiger charge is -2.15. The van der Waals surface area contributed by atoms with Gasteiger partial charge in [0.15, 0.2) is 45.5 Å². The third kappa shape index (κ3) is 11.7. The number of carbonyl (C=O) groups excluding carboxylic acids is 4. The van der Waals surface area contributed by atoms with E-state index in [0.717, 1.165) is 25.7 Å². The molecule has 2 aliphatic carbocycles. The molecule has 4 amide bonds. The second kappa shape index (κ2) is 20.4. The topological polar surface area (TPSA) is 312 Å². The zero-order chi connectivity index (χ0) is 46.9. The normalized spacial score (nSPS) is 12.6. The molecule has 0 radical (unpaired) electrons. The minimum Gasteiger partial charge on any atom is -0.492 e. The van der Waals surface area contributed by atoms with Gasteiger partial charge in [-0.2, -0.15) is 48.7 Å². The first-order chi connectivity index (χ1) is 31.1. The molecule has 0 atom stereocenters. The first kappa shape index (κ1) is 46.5. The molecule has 65 heavy (non-hydrogen) atoms. The number of nitrogens with one attached hydrogen (secondary N) is 5. The molecule has 0 aliphatic heterocycles. The van der Waals surface area contributed by atoms with Gasteiger partial charge in [0, 0.05) is 64.3 Å². The fourth-order valence-electron chi connectivity index (χ4n) is 5.69. The summed E-state index contributed by atoms with van der Waals surface area (Å²) >= 11 is 5.87. The maximum atomic E-state index is 14.4. The van der Waals surface area contributed by atoms with Crippen molar-refractivity contribution < 1.29 is 37.4 Å². The van der Waals surface area contributed by atoms with E-state index in [0.29, 0.717) is 22.5 Å². The maximum Gasteiger partial charge on any atom is 0.273 e. The van der Waals surface area contributed by atoms with E-state index >= 15 is 0 Å². The van der Waals surface area contributed by atoms with Crippen LogP contribution in [0.15, 0.2) is 36.7 Å².